The van der Waals surface area contributed by atoms with Crippen LogP contribution in [0.5, 0.6) is 5.75 Å². The predicted octanol–water partition coefficient (Wildman–Crippen LogP) is 2.81. The maximum Gasteiger partial charge on any atom is 0.136 e. The Balaban J connectivity index is 1.96. The summed E-state index contributed by atoms with van der Waals surface area (Å²) in [5, 5.41) is 0. The highest BCUT2D eigenvalue weighted by atomic mass is 32.1. The predicted molar refractivity (Wildman–Crippen MR) is 63.4 cm³/mol. The molecule has 3 nitrogen and oxygen atoms in total. The van der Waals surface area contributed by atoms with E-state index < -0.39 is 0 Å². The molecule has 1 aromatic carbocycles. The Hall–Kier alpha value is -1.46. The van der Waals surface area contributed by atoms with Crippen molar-refractivity contribution in [2.75, 3.05) is 0 Å². The molecular weight excluding hydrogens is 239 g/mol. The van der Waals surface area contributed by atoms with Gasteiger partial charge in [-0.25, -0.2) is 4.39 Å². The van der Waals surface area contributed by atoms with Crippen LogP contribution < -0.4 is 10.5 Å². The monoisotopic (exact) mass is 250 g/mol. The third-order valence-electron chi connectivity index (χ3n) is 2.88. The lowest BCUT2D eigenvalue weighted by atomic mass is 9.97. The number of aromatic nitrogens is 1. The van der Waals surface area contributed by atoms with Gasteiger partial charge in [0.05, 0.1) is 10.4 Å². The van der Waals surface area contributed by atoms with Crippen LogP contribution in [0.15, 0.2) is 29.9 Å². The SMILES string of the molecule is N[C@@H]1CC(c2cncs2)Oc2ccc(F)cc21. The van der Waals surface area contributed by atoms with Gasteiger partial charge in [0.2, 0.25) is 0 Å². The fraction of sp³-hybridized carbons (Fsp3) is 0.250. The van der Waals surface area contributed by atoms with Crippen LogP contribution in [0.4, 0.5) is 4.39 Å². The maximum absolute atomic E-state index is 13.1. The van der Waals surface area contributed by atoms with Gasteiger partial charge in [0.1, 0.15) is 17.7 Å². The van der Waals surface area contributed by atoms with Crippen LogP contribution in [0.25, 0.3) is 0 Å². The Morgan fingerprint density at radius 3 is 3.12 bits per heavy atom. The van der Waals surface area contributed by atoms with Gasteiger partial charge in [-0.1, -0.05) is 0 Å². The molecular formula is C12H11FN2OS. The Bertz CT molecular complexity index is 529. The van der Waals surface area contributed by atoms with Crippen molar-refractivity contribution in [2.45, 2.75) is 18.6 Å². The molecule has 0 saturated carbocycles. The van der Waals surface area contributed by atoms with Gasteiger partial charge in [0.15, 0.2) is 0 Å². The zero-order valence-corrected chi connectivity index (χ0v) is 9.78. The van der Waals surface area contributed by atoms with E-state index in [1.54, 1.807) is 29.1 Å². The number of ether oxygens (including phenoxy) is 1. The van der Waals surface area contributed by atoms with Gasteiger partial charge in [-0.2, -0.15) is 0 Å². The second-order valence-corrected chi connectivity index (χ2v) is 4.95. The highest BCUT2D eigenvalue weighted by Gasteiger charge is 2.28. The van der Waals surface area contributed by atoms with E-state index in [1.165, 1.54) is 12.1 Å². The van der Waals surface area contributed by atoms with Gasteiger partial charge in [0.25, 0.3) is 0 Å². The summed E-state index contributed by atoms with van der Waals surface area (Å²) in [6, 6.07) is 4.28. The van der Waals surface area contributed by atoms with Crippen molar-refractivity contribution in [1.29, 1.82) is 0 Å². The number of hydrogen-bond acceptors (Lipinski definition) is 4. The first-order valence-corrected chi connectivity index (χ1v) is 6.22. The first kappa shape index (κ1) is 10.7. The minimum absolute atomic E-state index is 0.0736. The van der Waals surface area contributed by atoms with Crippen molar-refractivity contribution in [1.82, 2.24) is 4.98 Å². The van der Waals surface area contributed by atoms with E-state index in [4.69, 9.17) is 10.5 Å². The molecule has 17 heavy (non-hydrogen) atoms. The van der Waals surface area contributed by atoms with Crippen LogP contribution in [0.3, 0.4) is 0 Å². The number of nitrogens with zero attached hydrogens (tertiary/aromatic N) is 1. The molecule has 0 spiro atoms. The van der Waals surface area contributed by atoms with Crippen molar-refractivity contribution in [3.63, 3.8) is 0 Å². The molecule has 2 atom stereocenters. The normalized spacial score (nSPS) is 22.9. The summed E-state index contributed by atoms with van der Waals surface area (Å²) >= 11 is 1.54. The smallest absolute Gasteiger partial charge is 0.136 e. The lowest BCUT2D eigenvalue weighted by Gasteiger charge is -2.29. The van der Waals surface area contributed by atoms with E-state index >= 15 is 0 Å². The first-order valence-electron chi connectivity index (χ1n) is 5.34. The zero-order valence-electron chi connectivity index (χ0n) is 8.97. The van der Waals surface area contributed by atoms with Crippen molar-refractivity contribution < 1.29 is 9.13 Å². The van der Waals surface area contributed by atoms with E-state index in [0.717, 1.165) is 10.4 Å². The fourth-order valence-electron chi connectivity index (χ4n) is 2.03. The molecule has 2 N–H and O–H groups in total. The summed E-state index contributed by atoms with van der Waals surface area (Å²) in [6.45, 7) is 0. The molecule has 1 unspecified atom stereocenters. The van der Waals surface area contributed by atoms with E-state index in [1.807, 2.05) is 0 Å². The lowest BCUT2D eigenvalue weighted by Crippen LogP contribution is -2.23. The second-order valence-electron chi connectivity index (χ2n) is 4.03. The molecule has 3 rings (SSSR count). The molecule has 1 aliphatic rings. The van der Waals surface area contributed by atoms with Crippen LogP contribution in [-0.2, 0) is 0 Å². The van der Waals surface area contributed by atoms with Gasteiger partial charge in [-0.05, 0) is 18.2 Å². The molecule has 1 aromatic heterocycles. The Morgan fingerprint density at radius 2 is 2.35 bits per heavy atom. The lowest BCUT2D eigenvalue weighted by molar-refractivity contribution is 0.164. The van der Waals surface area contributed by atoms with Gasteiger partial charge in [-0.3, -0.25) is 4.98 Å². The number of hydrogen-bond donors (Lipinski definition) is 1. The summed E-state index contributed by atoms with van der Waals surface area (Å²) in [6.07, 6.45) is 2.37. The summed E-state index contributed by atoms with van der Waals surface area (Å²) < 4.78 is 18.9. The van der Waals surface area contributed by atoms with Gasteiger partial charge < -0.3 is 10.5 Å². The van der Waals surface area contributed by atoms with Gasteiger partial charge in [0, 0.05) is 24.2 Å². The minimum Gasteiger partial charge on any atom is -0.484 e. The molecule has 88 valence electrons. The maximum atomic E-state index is 13.1. The molecule has 0 fully saturated rings. The highest BCUT2D eigenvalue weighted by Crippen LogP contribution is 2.40. The Kier molecular flexibility index (Phi) is 2.57. The summed E-state index contributed by atoms with van der Waals surface area (Å²) in [4.78, 5) is 5.08. The highest BCUT2D eigenvalue weighted by molar-refractivity contribution is 7.09. The van der Waals surface area contributed by atoms with Crippen molar-refractivity contribution in [3.05, 3.63) is 46.2 Å². The summed E-state index contributed by atoms with van der Waals surface area (Å²) in [7, 11) is 0. The largest absolute Gasteiger partial charge is 0.484 e. The van der Waals surface area contributed by atoms with E-state index in [2.05, 4.69) is 4.98 Å². The number of nitrogens with two attached hydrogens (primary N) is 1. The Labute approximate surface area is 102 Å². The third-order valence-corrected chi connectivity index (χ3v) is 3.74. The quantitative estimate of drug-likeness (QED) is 0.846. The topological polar surface area (TPSA) is 48.1 Å². The van der Waals surface area contributed by atoms with Crippen molar-refractivity contribution in [3.8, 4) is 5.75 Å². The number of halogens is 1. The molecule has 0 amide bonds. The molecule has 5 heteroatoms. The van der Waals surface area contributed by atoms with Crippen LogP contribution >= 0.6 is 11.3 Å². The van der Waals surface area contributed by atoms with Gasteiger partial charge >= 0.3 is 0 Å². The fourth-order valence-corrected chi connectivity index (χ4v) is 2.70. The first-order chi connectivity index (χ1) is 8.24. The van der Waals surface area contributed by atoms with Crippen LogP contribution in [0, 0.1) is 5.82 Å². The van der Waals surface area contributed by atoms with E-state index in [9.17, 15) is 4.39 Å². The molecule has 2 aromatic rings. The standard InChI is InChI=1S/C12H11FN2OS/c13-7-1-2-10-8(3-7)9(14)4-11(16-10)12-5-15-6-17-12/h1-3,5-6,9,11H,4,14H2/t9-,11?/m1/s1. The van der Waals surface area contributed by atoms with Crippen molar-refractivity contribution >= 4 is 11.3 Å². The average Bonchev–Trinajstić information content (AvgIpc) is 2.83. The van der Waals surface area contributed by atoms with Crippen LogP contribution in [-0.4, -0.2) is 4.98 Å². The third kappa shape index (κ3) is 1.92. The molecule has 2 heterocycles. The van der Waals surface area contributed by atoms with E-state index in [0.29, 0.717) is 12.2 Å². The minimum atomic E-state index is -0.279. The number of thiazole rings is 1. The van der Waals surface area contributed by atoms with Gasteiger partial charge in [-0.15, -0.1) is 11.3 Å². The van der Waals surface area contributed by atoms with Crippen LogP contribution in [0.1, 0.15) is 29.0 Å². The second kappa shape index (κ2) is 4.09. The number of rotatable bonds is 1. The zero-order chi connectivity index (χ0) is 11.8. The number of benzene rings is 1. The molecule has 1 aliphatic heterocycles. The van der Waals surface area contributed by atoms with E-state index in [-0.39, 0.29) is 18.0 Å². The molecule has 0 bridgehead atoms. The molecule has 0 aliphatic carbocycles. The summed E-state index contributed by atoms with van der Waals surface area (Å²) in [5.74, 6) is 0.391. The van der Waals surface area contributed by atoms with Crippen molar-refractivity contribution in [2.24, 2.45) is 5.73 Å². The average molecular weight is 250 g/mol. The molecule has 0 saturated heterocycles. The number of fused-ring (bicyclic) bond motifs is 1. The molecule has 0 radical (unpaired) electrons. The summed E-state index contributed by atoms with van der Waals surface area (Å²) in [5.41, 5.74) is 8.56. The van der Waals surface area contributed by atoms with Crippen LogP contribution in [0.2, 0.25) is 0 Å². The Morgan fingerprint density at radius 1 is 1.47 bits per heavy atom.